The van der Waals surface area contributed by atoms with Gasteiger partial charge in [-0.15, -0.1) is 0 Å². The molecule has 0 aromatic heterocycles. The fourth-order valence-electron chi connectivity index (χ4n) is 1.49. The molecule has 1 amide bonds. The Labute approximate surface area is 110 Å². The van der Waals surface area contributed by atoms with Crippen molar-refractivity contribution in [2.75, 3.05) is 32.5 Å². The van der Waals surface area contributed by atoms with Gasteiger partial charge in [0.25, 0.3) is 5.91 Å². The molecule has 94 valence electrons. The second kappa shape index (κ2) is 6.61. The van der Waals surface area contributed by atoms with Crippen LogP contribution >= 0.6 is 15.9 Å². The zero-order chi connectivity index (χ0) is 12.8. The van der Waals surface area contributed by atoms with Crippen LogP contribution in [0.15, 0.2) is 22.7 Å². The van der Waals surface area contributed by atoms with Crippen LogP contribution in [0.2, 0.25) is 0 Å². The van der Waals surface area contributed by atoms with Crippen LogP contribution in [0.3, 0.4) is 0 Å². The van der Waals surface area contributed by atoms with Crippen molar-refractivity contribution in [3.8, 4) is 0 Å². The summed E-state index contributed by atoms with van der Waals surface area (Å²) < 4.78 is 5.64. The lowest BCUT2D eigenvalue weighted by Gasteiger charge is -2.21. The minimum Gasteiger partial charge on any atom is -0.398 e. The third-order valence-electron chi connectivity index (χ3n) is 2.49. The van der Waals surface area contributed by atoms with E-state index in [9.17, 15) is 4.79 Å². The summed E-state index contributed by atoms with van der Waals surface area (Å²) >= 11 is 3.34. The van der Waals surface area contributed by atoms with Gasteiger partial charge < -0.3 is 15.4 Å². The number of anilines is 1. The highest BCUT2D eigenvalue weighted by molar-refractivity contribution is 9.10. The fourth-order valence-corrected chi connectivity index (χ4v) is 1.92. The van der Waals surface area contributed by atoms with Crippen molar-refractivity contribution < 1.29 is 9.53 Å². The minimum absolute atomic E-state index is 0.0382. The van der Waals surface area contributed by atoms with Crippen molar-refractivity contribution in [3.63, 3.8) is 0 Å². The van der Waals surface area contributed by atoms with Crippen molar-refractivity contribution in [1.29, 1.82) is 0 Å². The van der Waals surface area contributed by atoms with Crippen LogP contribution in [0.25, 0.3) is 0 Å². The van der Waals surface area contributed by atoms with E-state index in [-0.39, 0.29) is 5.91 Å². The molecule has 1 aromatic rings. The molecule has 1 rings (SSSR count). The van der Waals surface area contributed by atoms with Crippen molar-refractivity contribution in [3.05, 3.63) is 28.2 Å². The van der Waals surface area contributed by atoms with E-state index < -0.39 is 0 Å². The first-order chi connectivity index (χ1) is 8.11. The number of amides is 1. The molecule has 0 radical (unpaired) electrons. The number of benzene rings is 1. The lowest BCUT2D eigenvalue weighted by atomic mass is 10.1. The minimum atomic E-state index is -0.0382. The van der Waals surface area contributed by atoms with Gasteiger partial charge in [0.05, 0.1) is 16.6 Å². The summed E-state index contributed by atoms with van der Waals surface area (Å²) in [5.41, 5.74) is 6.91. The Bertz CT molecular complexity index is 396. The standard InChI is InChI=1S/C12H17BrN2O2/c1-3-15(7-8-17-2)12(16)9-5-4-6-10(14)11(9)13/h4-6H,3,7-8,14H2,1-2H3. The number of nitrogens with two attached hydrogens (primary N) is 1. The fraction of sp³-hybridized carbons (Fsp3) is 0.417. The Kier molecular flexibility index (Phi) is 5.44. The quantitative estimate of drug-likeness (QED) is 0.848. The van der Waals surface area contributed by atoms with E-state index in [2.05, 4.69) is 15.9 Å². The normalized spacial score (nSPS) is 10.3. The summed E-state index contributed by atoms with van der Waals surface area (Å²) in [6.07, 6.45) is 0. The number of hydrogen-bond acceptors (Lipinski definition) is 3. The summed E-state index contributed by atoms with van der Waals surface area (Å²) in [5.74, 6) is -0.0382. The van der Waals surface area contributed by atoms with Gasteiger partial charge in [-0.3, -0.25) is 4.79 Å². The highest BCUT2D eigenvalue weighted by Crippen LogP contribution is 2.24. The predicted octanol–water partition coefficient (Wildman–Crippen LogP) is 2.14. The maximum absolute atomic E-state index is 12.2. The van der Waals surface area contributed by atoms with Crippen LogP contribution < -0.4 is 5.73 Å². The Morgan fingerprint density at radius 2 is 2.24 bits per heavy atom. The van der Waals surface area contributed by atoms with Crippen LogP contribution in [0.5, 0.6) is 0 Å². The molecule has 0 spiro atoms. The summed E-state index contributed by atoms with van der Waals surface area (Å²) in [6.45, 7) is 3.68. The number of nitrogen functional groups attached to an aromatic ring is 1. The van der Waals surface area contributed by atoms with Gasteiger partial charge in [0.15, 0.2) is 0 Å². The number of methoxy groups -OCH3 is 1. The average molecular weight is 301 g/mol. The van der Waals surface area contributed by atoms with Gasteiger partial charge in [0.1, 0.15) is 0 Å². The Balaban J connectivity index is 2.90. The van der Waals surface area contributed by atoms with E-state index in [4.69, 9.17) is 10.5 Å². The number of carbonyl (C=O) groups is 1. The molecule has 0 aliphatic rings. The molecule has 0 atom stereocenters. The van der Waals surface area contributed by atoms with Crippen molar-refractivity contribution in [2.24, 2.45) is 0 Å². The zero-order valence-electron chi connectivity index (χ0n) is 10.1. The van der Waals surface area contributed by atoms with Crippen LogP contribution in [-0.2, 0) is 4.74 Å². The third-order valence-corrected chi connectivity index (χ3v) is 3.38. The van der Waals surface area contributed by atoms with Crippen LogP contribution in [-0.4, -0.2) is 37.6 Å². The van der Waals surface area contributed by atoms with Crippen molar-refractivity contribution in [1.82, 2.24) is 4.90 Å². The monoisotopic (exact) mass is 300 g/mol. The molecule has 2 N–H and O–H groups in total. The Hall–Kier alpha value is -1.07. The molecule has 1 aromatic carbocycles. The number of ether oxygens (including phenoxy) is 1. The molecule has 0 aliphatic heterocycles. The highest BCUT2D eigenvalue weighted by Gasteiger charge is 2.17. The number of likely N-dealkylation sites (N-methyl/N-ethyl adjacent to an activating group) is 1. The molecule has 5 heteroatoms. The summed E-state index contributed by atoms with van der Waals surface area (Å²) in [7, 11) is 1.62. The molecule has 0 bridgehead atoms. The van der Waals surface area contributed by atoms with Crippen LogP contribution in [0.4, 0.5) is 5.69 Å². The predicted molar refractivity (Wildman–Crippen MR) is 72.0 cm³/mol. The number of nitrogens with zero attached hydrogens (tertiary/aromatic N) is 1. The van der Waals surface area contributed by atoms with E-state index >= 15 is 0 Å². The smallest absolute Gasteiger partial charge is 0.255 e. The largest absolute Gasteiger partial charge is 0.398 e. The molecule has 0 aliphatic carbocycles. The van der Waals surface area contributed by atoms with E-state index in [0.29, 0.717) is 35.4 Å². The third kappa shape index (κ3) is 3.44. The SMILES string of the molecule is CCN(CCOC)C(=O)c1cccc(N)c1Br. The zero-order valence-corrected chi connectivity index (χ0v) is 11.7. The molecular weight excluding hydrogens is 284 g/mol. The van der Waals surface area contributed by atoms with Gasteiger partial charge in [0, 0.05) is 25.9 Å². The summed E-state index contributed by atoms with van der Waals surface area (Å²) in [5, 5.41) is 0. The van der Waals surface area contributed by atoms with Gasteiger partial charge in [-0.05, 0) is 35.0 Å². The number of hydrogen-bond donors (Lipinski definition) is 1. The van der Waals surface area contributed by atoms with Gasteiger partial charge in [-0.25, -0.2) is 0 Å². The van der Waals surface area contributed by atoms with Crippen molar-refractivity contribution in [2.45, 2.75) is 6.92 Å². The van der Waals surface area contributed by atoms with E-state index in [0.717, 1.165) is 0 Å². The van der Waals surface area contributed by atoms with E-state index in [1.807, 2.05) is 6.92 Å². The van der Waals surface area contributed by atoms with Gasteiger partial charge in [-0.1, -0.05) is 6.07 Å². The number of halogens is 1. The topological polar surface area (TPSA) is 55.6 Å². The molecule has 0 unspecified atom stereocenters. The highest BCUT2D eigenvalue weighted by atomic mass is 79.9. The van der Waals surface area contributed by atoms with E-state index in [1.54, 1.807) is 30.2 Å². The lowest BCUT2D eigenvalue weighted by Crippen LogP contribution is -2.34. The molecule has 0 heterocycles. The summed E-state index contributed by atoms with van der Waals surface area (Å²) in [6, 6.07) is 5.29. The summed E-state index contributed by atoms with van der Waals surface area (Å²) in [4.78, 5) is 14.0. The maximum Gasteiger partial charge on any atom is 0.255 e. The molecule has 0 saturated heterocycles. The molecule has 0 saturated carbocycles. The first-order valence-corrected chi connectivity index (χ1v) is 6.23. The average Bonchev–Trinajstić information content (AvgIpc) is 2.33. The first-order valence-electron chi connectivity index (χ1n) is 5.44. The Morgan fingerprint density at radius 1 is 1.53 bits per heavy atom. The molecule has 0 fully saturated rings. The Morgan fingerprint density at radius 3 is 2.82 bits per heavy atom. The molecular formula is C12H17BrN2O2. The van der Waals surface area contributed by atoms with Gasteiger partial charge in [0.2, 0.25) is 0 Å². The first kappa shape index (κ1) is 14.0. The van der Waals surface area contributed by atoms with Gasteiger partial charge >= 0.3 is 0 Å². The number of rotatable bonds is 5. The second-order valence-electron chi connectivity index (χ2n) is 3.59. The van der Waals surface area contributed by atoms with Crippen LogP contribution in [0, 0.1) is 0 Å². The maximum atomic E-state index is 12.2. The van der Waals surface area contributed by atoms with Crippen molar-refractivity contribution >= 4 is 27.5 Å². The lowest BCUT2D eigenvalue weighted by molar-refractivity contribution is 0.0705. The molecule has 4 nitrogen and oxygen atoms in total. The second-order valence-corrected chi connectivity index (χ2v) is 4.38. The molecule has 17 heavy (non-hydrogen) atoms. The van der Waals surface area contributed by atoms with Gasteiger partial charge in [-0.2, -0.15) is 0 Å². The number of carbonyl (C=O) groups excluding carboxylic acids is 1. The van der Waals surface area contributed by atoms with Crippen LogP contribution in [0.1, 0.15) is 17.3 Å². The van der Waals surface area contributed by atoms with E-state index in [1.165, 1.54) is 0 Å².